The number of rotatable bonds is 5. The number of ether oxygens (including phenoxy) is 1. The van der Waals surface area contributed by atoms with Crippen LogP contribution in [0.2, 0.25) is 0 Å². The zero-order valence-corrected chi connectivity index (χ0v) is 11.6. The van der Waals surface area contributed by atoms with Gasteiger partial charge >= 0.3 is 0 Å². The van der Waals surface area contributed by atoms with Crippen LogP contribution in [0.25, 0.3) is 0 Å². The summed E-state index contributed by atoms with van der Waals surface area (Å²) in [5, 5.41) is 3.31. The van der Waals surface area contributed by atoms with Crippen molar-refractivity contribution in [3.05, 3.63) is 18.2 Å². The predicted molar refractivity (Wildman–Crippen MR) is 71.6 cm³/mol. The summed E-state index contributed by atoms with van der Waals surface area (Å²) in [7, 11) is 1.95. The highest BCUT2D eigenvalue weighted by molar-refractivity contribution is 5.78. The summed E-state index contributed by atoms with van der Waals surface area (Å²) in [6.07, 6.45) is 4.60. The molecule has 1 saturated heterocycles. The first-order valence-corrected chi connectivity index (χ1v) is 6.79. The molecule has 0 aliphatic carbocycles. The van der Waals surface area contributed by atoms with Gasteiger partial charge < -0.3 is 19.5 Å². The molecular weight excluding hydrogens is 244 g/mol. The summed E-state index contributed by atoms with van der Waals surface area (Å²) in [5.41, 5.74) is 0. The highest BCUT2D eigenvalue weighted by atomic mass is 16.5. The first-order chi connectivity index (χ1) is 9.24. The molecule has 1 aliphatic heterocycles. The third-order valence-corrected chi connectivity index (χ3v) is 3.29. The van der Waals surface area contributed by atoms with Gasteiger partial charge in [-0.2, -0.15) is 0 Å². The highest BCUT2D eigenvalue weighted by Crippen LogP contribution is 2.20. The van der Waals surface area contributed by atoms with Crippen LogP contribution in [0.15, 0.2) is 12.4 Å². The summed E-state index contributed by atoms with van der Waals surface area (Å²) in [6.45, 7) is 5.09. The molecule has 0 saturated carbocycles. The fraction of sp³-hybridized carbons (Fsp3) is 0.692. The number of imidazole rings is 1. The Morgan fingerprint density at radius 3 is 3.16 bits per heavy atom. The van der Waals surface area contributed by atoms with Crippen LogP contribution in [0, 0.1) is 0 Å². The second-order valence-electron chi connectivity index (χ2n) is 4.76. The molecule has 1 aromatic heterocycles. The number of amides is 1. The molecule has 1 fully saturated rings. The van der Waals surface area contributed by atoms with E-state index in [2.05, 4.69) is 10.3 Å². The molecule has 6 nitrogen and oxygen atoms in total. The predicted octanol–water partition coefficient (Wildman–Crippen LogP) is 0.320. The zero-order chi connectivity index (χ0) is 13.7. The van der Waals surface area contributed by atoms with Crippen LogP contribution in [-0.4, -0.2) is 53.2 Å². The molecule has 6 heteroatoms. The number of carbonyl (C=O) groups excluding carboxylic acids is 1. The molecule has 2 heterocycles. The second kappa shape index (κ2) is 6.68. The number of aryl methyl sites for hydroxylation is 1. The van der Waals surface area contributed by atoms with Gasteiger partial charge in [-0.05, 0) is 6.42 Å². The largest absolute Gasteiger partial charge is 0.372 e. The van der Waals surface area contributed by atoms with Gasteiger partial charge in [-0.3, -0.25) is 4.79 Å². The molecule has 0 radical (unpaired) electrons. The highest BCUT2D eigenvalue weighted by Gasteiger charge is 2.30. The van der Waals surface area contributed by atoms with Gasteiger partial charge in [0.05, 0.1) is 0 Å². The summed E-state index contributed by atoms with van der Waals surface area (Å²) < 4.78 is 7.32. The number of aromatic nitrogens is 2. The minimum absolute atomic E-state index is 0.00789. The summed E-state index contributed by atoms with van der Waals surface area (Å²) >= 11 is 0. The van der Waals surface area contributed by atoms with Crippen molar-refractivity contribution in [2.75, 3.05) is 32.8 Å². The van der Waals surface area contributed by atoms with Crippen molar-refractivity contribution in [2.45, 2.75) is 19.4 Å². The van der Waals surface area contributed by atoms with Crippen LogP contribution < -0.4 is 5.32 Å². The first-order valence-electron chi connectivity index (χ1n) is 6.79. The van der Waals surface area contributed by atoms with Crippen molar-refractivity contribution in [1.82, 2.24) is 19.8 Å². The number of hydrogen-bond acceptors (Lipinski definition) is 4. The van der Waals surface area contributed by atoms with Crippen molar-refractivity contribution in [3.8, 4) is 0 Å². The third-order valence-electron chi connectivity index (χ3n) is 3.29. The quantitative estimate of drug-likeness (QED) is 0.780. The van der Waals surface area contributed by atoms with Crippen molar-refractivity contribution in [3.63, 3.8) is 0 Å². The second-order valence-corrected chi connectivity index (χ2v) is 4.76. The lowest BCUT2D eigenvalue weighted by molar-refractivity contribution is -0.139. The van der Waals surface area contributed by atoms with Crippen LogP contribution >= 0.6 is 0 Å². The number of piperazine rings is 1. The minimum Gasteiger partial charge on any atom is -0.372 e. The van der Waals surface area contributed by atoms with E-state index in [1.807, 2.05) is 29.6 Å². The van der Waals surface area contributed by atoms with Crippen molar-refractivity contribution in [1.29, 1.82) is 0 Å². The van der Waals surface area contributed by atoms with Gasteiger partial charge in [0.25, 0.3) is 0 Å². The number of nitrogens with zero attached hydrogens (tertiary/aromatic N) is 3. The monoisotopic (exact) mass is 266 g/mol. The number of carbonyl (C=O) groups is 1. The smallest absolute Gasteiger partial charge is 0.249 e. The molecule has 1 amide bonds. The van der Waals surface area contributed by atoms with E-state index < -0.39 is 0 Å². The molecule has 1 aromatic rings. The molecule has 0 bridgehead atoms. The Kier molecular flexibility index (Phi) is 4.93. The Labute approximate surface area is 113 Å². The van der Waals surface area contributed by atoms with Crippen LogP contribution in [-0.2, 0) is 16.6 Å². The van der Waals surface area contributed by atoms with E-state index >= 15 is 0 Å². The maximum Gasteiger partial charge on any atom is 0.249 e. The zero-order valence-electron chi connectivity index (χ0n) is 11.6. The van der Waals surface area contributed by atoms with Gasteiger partial charge in [0.15, 0.2) is 0 Å². The lowest BCUT2D eigenvalue weighted by Crippen LogP contribution is -2.50. The molecule has 1 aliphatic rings. The maximum absolute atomic E-state index is 12.2. The average Bonchev–Trinajstić information content (AvgIpc) is 2.85. The number of hydrogen-bond donors (Lipinski definition) is 1. The molecule has 1 atom stereocenters. The van der Waals surface area contributed by atoms with Gasteiger partial charge in [-0.1, -0.05) is 6.92 Å². The fourth-order valence-electron chi connectivity index (χ4n) is 2.32. The van der Waals surface area contributed by atoms with E-state index in [0.717, 1.165) is 25.3 Å². The molecule has 1 N–H and O–H groups in total. The molecule has 1 unspecified atom stereocenters. The van der Waals surface area contributed by atoms with Gasteiger partial charge in [0.2, 0.25) is 5.91 Å². The van der Waals surface area contributed by atoms with E-state index in [1.54, 1.807) is 6.20 Å². The SMILES string of the molecule is CCCOCC(=O)N1CCNCC1c1nccn1C. The Morgan fingerprint density at radius 1 is 1.63 bits per heavy atom. The maximum atomic E-state index is 12.2. The van der Waals surface area contributed by atoms with Crippen LogP contribution in [0.4, 0.5) is 0 Å². The van der Waals surface area contributed by atoms with E-state index in [1.165, 1.54) is 0 Å². The molecular formula is C13H22N4O2. The van der Waals surface area contributed by atoms with E-state index in [-0.39, 0.29) is 18.6 Å². The van der Waals surface area contributed by atoms with Crippen molar-refractivity contribution in [2.24, 2.45) is 7.05 Å². The Hall–Kier alpha value is -1.40. The summed E-state index contributed by atoms with van der Waals surface area (Å²) in [6, 6.07) is -0.00789. The van der Waals surface area contributed by atoms with Crippen LogP contribution in [0.5, 0.6) is 0 Å². The first kappa shape index (κ1) is 14.0. The Bertz CT molecular complexity index is 419. The molecule has 0 aromatic carbocycles. The molecule has 2 rings (SSSR count). The topological polar surface area (TPSA) is 59.4 Å². The average molecular weight is 266 g/mol. The van der Waals surface area contributed by atoms with Crippen molar-refractivity contribution >= 4 is 5.91 Å². The summed E-state index contributed by atoms with van der Waals surface area (Å²) in [5.74, 6) is 0.957. The van der Waals surface area contributed by atoms with E-state index in [9.17, 15) is 4.79 Å². The fourth-order valence-corrected chi connectivity index (χ4v) is 2.32. The molecule has 0 spiro atoms. The van der Waals surface area contributed by atoms with E-state index in [0.29, 0.717) is 13.2 Å². The standard InChI is InChI=1S/C13H22N4O2/c1-3-8-19-10-12(18)17-7-4-14-9-11(17)13-15-5-6-16(13)2/h5-6,11,14H,3-4,7-10H2,1-2H3. The lowest BCUT2D eigenvalue weighted by atomic mass is 10.1. The van der Waals surface area contributed by atoms with E-state index in [4.69, 9.17) is 4.74 Å². The molecule has 106 valence electrons. The van der Waals surface area contributed by atoms with Gasteiger partial charge in [-0.25, -0.2) is 4.98 Å². The van der Waals surface area contributed by atoms with Gasteiger partial charge in [0.1, 0.15) is 18.5 Å². The minimum atomic E-state index is -0.00789. The normalized spacial score (nSPS) is 19.7. The van der Waals surface area contributed by atoms with Crippen LogP contribution in [0.3, 0.4) is 0 Å². The third kappa shape index (κ3) is 3.33. The Morgan fingerprint density at radius 2 is 2.47 bits per heavy atom. The molecule has 19 heavy (non-hydrogen) atoms. The Balaban J connectivity index is 2.04. The van der Waals surface area contributed by atoms with Gasteiger partial charge in [0, 0.05) is 45.7 Å². The van der Waals surface area contributed by atoms with Gasteiger partial charge in [-0.15, -0.1) is 0 Å². The lowest BCUT2D eigenvalue weighted by Gasteiger charge is -2.35. The number of nitrogens with one attached hydrogen (secondary N) is 1. The summed E-state index contributed by atoms with van der Waals surface area (Å²) in [4.78, 5) is 18.5. The van der Waals surface area contributed by atoms with Crippen LogP contribution in [0.1, 0.15) is 25.2 Å². The van der Waals surface area contributed by atoms with Crippen molar-refractivity contribution < 1.29 is 9.53 Å².